The van der Waals surface area contributed by atoms with Crippen LogP contribution in [0.25, 0.3) is 11.3 Å². The standard InChI is InChI=1S/C6H6ClN5O/c1-8-3-2(7)9-4-5(10-3)12-6(13)11-4/h1H3,(H3,8,9,10,11,12,13). The van der Waals surface area contributed by atoms with E-state index in [2.05, 4.69) is 25.3 Å². The normalized spacial score (nSPS) is 10.6. The van der Waals surface area contributed by atoms with E-state index < -0.39 is 0 Å². The molecule has 2 rings (SSSR count). The van der Waals surface area contributed by atoms with Crippen LogP contribution in [0.2, 0.25) is 5.15 Å². The van der Waals surface area contributed by atoms with Crippen molar-refractivity contribution < 1.29 is 0 Å². The lowest BCUT2D eigenvalue weighted by atomic mass is 10.6. The first-order valence-electron chi connectivity index (χ1n) is 3.54. The predicted octanol–water partition coefficient (Wildman–Crippen LogP) is 0.341. The highest BCUT2D eigenvalue weighted by Gasteiger charge is 2.06. The van der Waals surface area contributed by atoms with E-state index in [1.54, 1.807) is 7.05 Å². The molecule has 0 aromatic carbocycles. The van der Waals surface area contributed by atoms with Crippen LogP contribution in [0.1, 0.15) is 0 Å². The number of aromatic amines is 2. The number of nitrogens with one attached hydrogen (secondary N) is 3. The average molecular weight is 200 g/mol. The van der Waals surface area contributed by atoms with Crippen molar-refractivity contribution in [1.82, 2.24) is 19.9 Å². The van der Waals surface area contributed by atoms with Crippen LogP contribution >= 0.6 is 11.6 Å². The molecule has 6 nitrogen and oxygen atoms in total. The smallest absolute Gasteiger partial charge is 0.326 e. The minimum atomic E-state index is -0.348. The number of anilines is 1. The second-order valence-electron chi connectivity index (χ2n) is 2.39. The molecule has 0 amide bonds. The summed E-state index contributed by atoms with van der Waals surface area (Å²) in [5.41, 5.74) is 0.395. The first kappa shape index (κ1) is 8.06. The molecule has 2 aromatic heterocycles. The summed E-state index contributed by atoms with van der Waals surface area (Å²) in [6.45, 7) is 0. The number of imidazole rings is 1. The van der Waals surface area contributed by atoms with Crippen LogP contribution in [0.15, 0.2) is 4.79 Å². The van der Waals surface area contributed by atoms with E-state index in [4.69, 9.17) is 11.6 Å². The summed E-state index contributed by atoms with van der Waals surface area (Å²) in [6.07, 6.45) is 0. The Hall–Kier alpha value is -1.56. The maximum absolute atomic E-state index is 10.8. The first-order valence-corrected chi connectivity index (χ1v) is 3.92. The molecule has 3 N–H and O–H groups in total. The molecule has 0 unspecified atom stereocenters. The van der Waals surface area contributed by atoms with Crippen LogP contribution in [-0.4, -0.2) is 27.0 Å². The molecule has 0 aliphatic heterocycles. The lowest BCUT2D eigenvalue weighted by molar-refractivity contribution is 1.20. The molecule has 7 heteroatoms. The van der Waals surface area contributed by atoms with Gasteiger partial charge >= 0.3 is 5.69 Å². The number of H-pyrrole nitrogens is 2. The summed E-state index contributed by atoms with van der Waals surface area (Å²) in [6, 6.07) is 0. The average Bonchev–Trinajstić information content (AvgIpc) is 2.42. The molecular weight excluding hydrogens is 194 g/mol. The molecule has 13 heavy (non-hydrogen) atoms. The topological polar surface area (TPSA) is 86.5 Å². The van der Waals surface area contributed by atoms with Crippen molar-refractivity contribution in [1.29, 1.82) is 0 Å². The van der Waals surface area contributed by atoms with Crippen LogP contribution in [0.3, 0.4) is 0 Å². The second kappa shape index (κ2) is 2.74. The van der Waals surface area contributed by atoms with Crippen LogP contribution in [-0.2, 0) is 0 Å². The Kier molecular flexibility index (Phi) is 1.70. The molecular formula is C6H6ClN5O. The van der Waals surface area contributed by atoms with Gasteiger partial charge in [0.15, 0.2) is 22.3 Å². The monoisotopic (exact) mass is 199 g/mol. The zero-order valence-corrected chi connectivity index (χ0v) is 7.44. The van der Waals surface area contributed by atoms with Crippen LogP contribution in [0.5, 0.6) is 0 Å². The Morgan fingerprint density at radius 1 is 1.31 bits per heavy atom. The van der Waals surface area contributed by atoms with Crippen molar-refractivity contribution in [3.8, 4) is 0 Å². The van der Waals surface area contributed by atoms with Gasteiger partial charge in [-0.3, -0.25) is 9.97 Å². The molecule has 0 atom stereocenters. The maximum atomic E-state index is 10.8. The van der Waals surface area contributed by atoms with Gasteiger partial charge < -0.3 is 5.32 Å². The summed E-state index contributed by atoms with van der Waals surface area (Å²) in [5, 5.41) is 2.98. The van der Waals surface area contributed by atoms with E-state index in [0.717, 1.165) is 0 Å². The van der Waals surface area contributed by atoms with Crippen molar-refractivity contribution in [3.63, 3.8) is 0 Å². The lowest BCUT2D eigenvalue weighted by Crippen LogP contribution is -1.99. The van der Waals surface area contributed by atoms with E-state index in [9.17, 15) is 4.79 Å². The summed E-state index contributed by atoms with van der Waals surface area (Å²) in [5.74, 6) is 0.435. The highest BCUT2D eigenvalue weighted by atomic mass is 35.5. The van der Waals surface area contributed by atoms with Gasteiger partial charge in [0.1, 0.15) is 0 Å². The quantitative estimate of drug-likeness (QED) is 0.618. The minimum absolute atomic E-state index is 0.227. The molecule has 2 aromatic rings. The number of aromatic nitrogens is 4. The highest BCUT2D eigenvalue weighted by molar-refractivity contribution is 6.32. The number of rotatable bonds is 1. The molecule has 0 spiro atoms. The first-order chi connectivity index (χ1) is 6.20. The summed E-state index contributed by atoms with van der Waals surface area (Å²) >= 11 is 5.74. The Labute approximate surface area is 77.4 Å². The van der Waals surface area contributed by atoms with Gasteiger partial charge in [-0.1, -0.05) is 11.6 Å². The minimum Gasteiger partial charge on any atom is -0.371 e. The second-order valence-corrected chi connectivity index (χ2v) is 2.75. The number of hydrogen-bond donors (Lipinski definition) is 3. The molecule has 0 fully saturated rings. The van der Waals surface area contributed by atoms with E-state index in [1.165, 1.54) is 0 Å². The third-order valence-corrected chi connectivity index (χ3v) is 1.82. The molecule has 0 saturated heterocycles. The molecule has 0 saturated carbocycles. The maximum Gasteiger partial charge on any atom is 0.326 e. The lowest BCUT2D eigenvalue weighted by Gasteiger charge is -1.99. The molecule has 0 aliphatic rings. The summed E-state index contributed by atoms with van der Waals surface area (Å²) in [4.78, 5) is 23.7. The van der Waals surface area contributed by atoms with Gasteiger partial charge in [0, 0.05) is 7.05 Å². The fourth-order valence-electron chi connectivity index (χ4n) is 0.995. The van der Waals surface area contributed by atoms with Gasteiger partial charge in [-0.25, -0.2) is 14.8 Å². The molecule has 68 valence electrons. The van der Waals surface area contributed by atoms with Crippen LogP contribution < -0.4 is 11.0 Å². The number of halogens is 1. The van der Waals surface area contributed by atoms with E-state index in [-0.39, 0.29) is 10.8 Å². The van der Waals surface area contributed by atoms with E-state index in [1.807, 2.05) is 0 Å². The van der Waals surface area contributed by atoms with Crippen molar-refractivity contribution in [2.75, 3.05) is 12.4 Å². The Morgan fingerprint density at radius 3 is 2.54 bits per heavy atom. The third-order valence-electron chi connectivity index (χ3n) is 1.55. The Morgan fingerprint density at radius 2 is 1.92 bits per heavy atom. The third kappa shape index (κ3) is 1.25. The SMILES string of the molecule is CNc1nc2[nH]c(=O)[nH]c2nc1Cl. The number of hydrogen-bond acceptors (Lipinski definition) is 4. The van der Waals surface area contributed by atoms with Crippen molar-refractivity contribution in [2.45, 2.75) is 0 Å². The molecule has 0 bridgehead atoms. The van der Waals surface area contributed by atoms with Crippen molar-refractivity contribution in [2.24, 2.45) is 0 Å². The van der Waals surface area contributed by atoms with Gasteiger partial charge in [0.2, 0.25) is 0 Å². The Bertz CT molecular complexity index is 501. The fraction of sp³-hybridized carbons (Fsp3) is 0.167. The molecule has 0 aliphatic carbocycles. The largest absolute Gasteiger partial charge is 0.371 e. The van der Waals surface area contributed by atoms with Gasteiger partial charge in [-0.05, 0) is 0 Å². The van der Waals surface area contributed by atoms with Crippen molar-refractivity contribution >= 4 is 28.7 Å². The van der Waals surface area contributed by atoms with Crippen molar-refractivity contribution in [3.05, 3.63) is 15.6 Å². The van der Waals surface area contributed by atoms with E-state index >= 15 is 0 Å². The number of fused-ring (bicyclic) bond motifs is 1. The van der Waals surface area contributed by atoms with E-state index in [0.29, 0.717) is 17.1 Å². The fourth-order valence-corrected chi connectivity index (χ4v) is 1.22. The highest BCUT2D eigenvalue weighted by Crippen LogP contribution is 2.17. The predicted molar refractivity (Wildman–Crippen MR) is 49.1 cm³/mol. The van der Waals surface area contributed by atoms with Gasteiger partial charge in [0.25, 0.3) is 0 Å². The summed E-state index contributed by atoms with van der Waals surface area (Å²) < 4.78 is 0. The van der Waals surface area contributed by atoms with Crippen LogP contribution in [0.4, 0.5) is 5.82 Å². The summed E-state index contributed by atoms with van der Waals surface area (Å²) in [7, 11) is 1.67. The number of nitrogens with zero attached hydrogens (tertiary/aromatic N) is 2. The molecule has 0 radical (unpaired) electrons. The van der Waals surface area contributed by atoms with Crippen LogP contribution in [0, 0.1) is 0 Å². The zero-order valence-electron chi connectivity index (χ0n) is 6.68. The van der Waals surface area contributed by atoms with Gasteiger partial charge in [-0.15, -0.1) is 0 Å². The van der Waals surface area contributed by atoms with Gasteiger partial charge in [-0.2, -0.15) is 0 Å². The van der Waals surface area contributed by atoms with Gasteiger partial charge in [0.05, 0.1) is 0 Å². The zero-order chi connectivity index (χ0) is 9.42. The molecule has 2 heterocycles. The Balaban J connectivity index is 2.80.